The number of benzene rings is 1. The number of likely N-dealkylation sites (tertiary alicyclic amines) is 2. The first-order valence-corrected chi connectivity index (χ1v) is 11.2. The first kappa shape index (κ1) is 19.4. The van der Waals surface area contributed by atoms with E-state index in [4.69, 9.17) is 0 Å². The van der Waals surface area contributed by atoms with Crippen molar-refractivity contribution < 1.29 is 0 Å². The second-order valence-electron chi connectivity index (χ2n) is 8.95. The van der Waals surface area contributed by atoms with E-state index in [0.717, 1.165) is 18.6 Å². The molecule has 0 saturated carbocycles. The van der Waals surface area contributed by atoms with Crippen molar-refractivity contribution >= 4 is 0 Å². The topological polar surface area (TPSA) is 13.0 Å². The summed E-state index contributed by atoms with van der Waals surface area (Å²) in [6, 6.07) is 12.6. The highest BCUT2D eigenvalue weighted by molar-refractivity contribution is 5.14. The van der Waals surface area contributed by atoms with Gasteiger partial charge in [-0.3, -0.25) is 14.7 Å². The molecule has 4 rings (SSSR count). The van der Waals surface area contributed by atoms with Crippen molar-refractivity contribution in [2.75, 3.05) is 52.5 Å². The van der Waals surface area contributed by atoms with Crippen LogP contribution in [0, 0.1) is 0 Å². The van der Waals surface area contributed by atoms with Gasteiger partial charge in [-0.2, -0.15) is 0 Å². The number of piperidine rings is 1. The molecule has 4 heteroatoms. The van der Waals surface area contributed by atoms with Gasteiger partial charge in [0.25, 0.3) is 0 Å². The quantitative estimate of drug-likeness (QED) is 0.731. The molecule has 4 nitrogen and oxygen atoms in total. The highest BCUT2D eigenvalue weighted by atomic mass is 15.4. The van der Waals surface area contributed by atoms with Gasteiger partial charge in [-0.1, -0.05) is 30.3 Å². The van der Waals surface area contributed by atoms with E-state index in [1.165, 1.54) is 90.1 Å². The van der Waals surface area contributed by atoms with E-state index in [1.807, 2.05) is 0 Å². The van der Waals surface area contributed by atoms with Crippen LogP contribution < -0.4 is 0 Å². The van der Waals surface area contributed by atoms with Crippen LogP contribution in [0.1, 0.15) is 44.6 Å². The molecule has 0 aromatic heterocycles. The van der Waals surface area contributed by atoms with Crippen molar-refractivity contribution in [1.29, 1.82) is 0 Å². The number of hydrogen-bond acceptors (Lipinski definition) is 4. The van der Waals surface area contributed by atoms with Gasteiger partial charge in [0.05, 0.1) is 6.67 Å². The van der Waals surface area contributed by atoms with Crippen molar-refractivity contribution in [3.63, 3.8) is 0 Å². The monoisotopic (exact) mass is 370 g/mol. The molecule has 0 amide bonds. The van der Waals surface area contributed by atoms with Gasteiger partial charge < -0.3 is 4.90 Å². The van der Waals surface area contributed by atoms with E-state index in [0.29, 0.717) is 0 Å². The summed E-state index contributed by atoms with van der Waals surface area (Å²) in [5.74, 6) is 0. The molecule has 27 heavy (non-hydrogen) atoms. The van der Waals surface area contributed by atoms with Crippen molar-refractivity contribution in [1.82, 2.24) is 19.6 Å². The zero-order chi connectivity index (χ0) is 18.5. The standard InChI is InChI=1S/C23H38N4/c1-21-7-5-13-26(21)14-6-12-25-17-18-27(20-25)23-10-15-24(16-11-23)19-22-8-3-2-4-9-22/h2-4,8-9,21,23H,5-7,10-20H2,1H3. The molecule has 1 unspecified atom stereocenters. The van der Waals surface area contributed by atoms with Crippen LogP contribution in [0.5, 0.6) is 0 Å². The lowest BCUT2D eigenvalue weighted by atomic mass is 10.0. The molecular formula is C23H38N4. The van der Waals surface area contributed by atoms with Crippen LogP contribution >= 0.6 is 0 Å². The third kappa shape index (κ3) is 5.32. The molecule has 0 aliphatic carbocycles. The molecule has 1 aromatic carbocycles. The Bertz CT molecular complexity index is 555. The maximum Gasteiger partial charge on any atom is 0.0509 e. The Hall–Kier alpha value is -0.940. The first-order valence-electron chi connectivity index (χ1n) is 11.2. The fourth-order valence-corrected chi connectivity index (χ4v) is 5.26. The Morgan fingerprint density at radius 3 is 2.41 bits per heavy atom. The first-order chi connectivity index (χ1) is 13.3. The number of hydrogen-bond donors (Lipinski definition) is 0. The molecule has 3 saturated heterocycles. The Morgan fingerprint density at radius 1 is 0.852 bits per heavy atom. The van der Waals surface area contributed by atoms with Gasteiger partial charge in [0, 0.05) is 38.3 Å². The summed E-state index contributed by atoms with van der Waals surface area (Å²) in [6.45, 7) is 13.7. The molecule has 3 heterocycles. The SMILES string of the molecule is CC1CCCN1CCCN1CCN(C2CCN(Cc3ccccc3)CC2)C1. The van der Waals surface area contributed by atoms with Crippen LogP contribution in [0.4, 0.5) is 0 Å². The molecule has 3 fully saturated rings. The summed E-state index contributed by atoms with van der Waals surface area (Å²) in [6.07, 6.45) is 6.83. The van der Waals surface area contributed by atoms with Gasteiger partial charge in [0.15, 0.2) is 0 Å². The molecule has 0 radical (unpaired) electrons. The van der Waals surface area contributed by atoms with Crippen molar-refractivity contribution in [2.45, 2.75) is 57.7 Å². The Labute approximate surface area is 166 Å². The molecule has 3 aliphatic rings. The van der Waals surface area contributed by atoms with E-state index >= 15 is 0 Å². The maximum atomic E-state index is 2.76. The van der Waals surface area contributed by atoms with E-state index in [-0.39, 0.29) is 0 Å². The molecule has 150 valence electrons. The molecule has 0 bridgehead atoms. The van der Waals surface area contributed by atoms with Gasteiger partial charge in [-0.15, -0.1) is 0 Å². The van der Waals surface area contributed by atoms with Gasteiger partial charge >= 0.3 is 0 Å². The van der Waals surface area contributed by atoms with Gasteiger partial charge in [-0.05, 0) is 70.8 Å². The minimum Gasteiger partial charge on any atom is -0.301 e. The minimum absolute atomic E-state index is 0.806. The number of nitrogens with zero attached hydrogens (tertiary/aromatic N) is 4. The normalized spacial score (nSPS) is 26.9. The van der Waals surface area contributed by atoms with Crippen LogP contribution in [0.2, 0.25) is 0 Å². The zero-order valence-corrected chi connectivity index (χ0v) is 17.2. The summed E-state index contributed by atoms with van der Waals surface area (Å²) in [5.41, 5.74) is 1.45. The fraction of sp³-hybridized carbons (Fsp3) is 0.739. The van der Waals surface area contributed by atoms with E-state index in [2.05, 4.69) is 56.9 Å². The largest absolute Gasteiger partial charge is 0.301 e. The van der Waals surface area contributed by atoms with E-state index in [9.17, 15) is 0 Å². The predicted molar refractivity (Wildman–Crippen MR) is 113 cm³/mol. The molecular weight excluding hydrogens is 332 g/mol. The lowest BCUT2D eigenvalue weighted by Gasteiger charge is -2.36. The molecule has 0 spiro atoms. The van der Waals surface area contributed by atoms with Crippen LogP contribution in [0.3, 0.4) is 0 Å². The summed E-state index contributed by atoms with van der Waals surface area (Å²) in [4.78, 5) is 10.8. The molecule has 0 N–H and O–H groups in total. The van der Waals surface area contributed by atoms with Gasteiger partial charge in [0.1, 0.15) is 0 Å². The van der Waals surface area contributed by atoms with Crippen molar-refractivity contribution in [3.05, 3.63) is 35.9 Å². The average molecular weight is 371 g/mol. The Kier molecular flexibility index (Phi) is 6.82. The second kappa shape index (κ2) is 9.51. The zero-order valence-electron chi connectivity index (χ0n) is 17.2. The van der Waals surface area contributed by atoms with Crippen molar-refractivity contribution in [3.8, 4) is 0 Å². The lowest BCUT2D eigenvalue weighted by Crippen LogP contribution is -2.44. The molecule has 3 aliphatic heterocycles. The summed E-state index contributed by atoms with van der Waals surface area (Å²) < 4.78 is 0. The van der Waals surface area contributed by atoms with Crippen LogP contribution in [-0.2, 0) is 6.54 Å². The lowest BCUT2D eigenvalue weighted by molar-refractivity contribution is 0.107. The Balaban J connectivity index is 1.13. The van der Waals surface area contributed by atoms with Crippen LogP contribution in [0.15, 0.2) is 30.3 Å². The van der Waals surface area contributed by atoms with Crippen molar-refractivity contribution in [2.24, 2.45) is 0 Å². The van der Waals surface area contributed by atoms with Gasteiger partial charge in [0.2, 0.25) is 0 Å². The summed E-state index contributed by atoms with van der Waals surface area (Å²) >= 11 is 0. The summed E-state index contributed by atoms with van der Waals surface area (Å²) in [5, 5.41) is 0. The third-order valence-corrected chi connectivity index (χ3v) is 7.02. The van der Waals surface area contributed by atoms with Gasteiger partial charge in [-0.25, -0.2) is 0 Å². The van der Waals surface area contributed by atoms with Crippen LogP contribution in [0.25, 0.3) is 0 Å². The highest BCUT2D eigenvalue weighted by Crippen LogP contribution is 2.22. The average Bonchev–Trinajstić information content (AvgIpc) is 3.33. The number of rotatable bonds is 7. The van der Waals surface area contributed by atoms with Crippen LogP contribution in [-0.4, -0.2) is 84.2 Å². The predicted octanol–water partition coefficient (Wildman–Crippen LogP) is 3.10. The minimum atomic E-state index is 0.806. The maximum absolute atomic E-state index is 2.76. The fourth-order valence-electron chi connectivity index (χ4n) is 5.26. The summed E-state index contributed by atoms with van der Waals surface area (Å²) in [7, 11) is 0. The molecule has 1 atom stereocenters. The van der Waals surface area contributed by atoms with E-state index < -0.39 is 0 Å². The highest BCUT2D eigenvalue weighted by Gasteiger charge is 2.29. The Morgan fingerprint density at radius 2 is 1.67 bits per heavy atom. The second-order valence-corrected chi connectivity index (χ2v) is 8.95. The molecule has 1 aromatic rings. The third-order valence-electron chi connectivity index (χ3n) is 7.02. The van der Waals surface area contributed by atoms with E-state index in [1.54, 1.807) is 0 Å². The smallest absolute Gasteiger partial charge is 0.0509 e.